The van der Waals surface area contributed by atoms with Gasteiger partial charge in [-0.25, -0.2) is 0 Å². The van der Waals surface area contributed by atoms with E-state index in [0.29, 0.717) is 13.0 Å². The van der Waals surface area contributed by atoms with Crippen LogP contribution in [0.1, 0.15) is 43.1 Å². The molecule has 0 spiro atoms. The molecule has 0 aliphatic heterocycles. The highest BCUT2D eigenvalue weighted by Gasteiger charge is 2.19. The number of hydrogen-bond donors (Lipinski definition) is 1. The molecule has 1 amide bonds. The van der Waals surface area contributed by atoms with Gasteiger partial charge in [0.2, 0.25) is 0 Å². The zero-order valence-electron chi connectivity index (χ0n) is 13.5. The molecule has 1 aromatic heterocycles. The normalized spacial score (nSPS) is 14.8. The average molecular weight is 313 g/mol. The van der Waals surface area contributed by atoms with Crippen molar-refractivity contribution in [3.05, 3.63) is 53.5 Å². The largest absolute Gasteiger partial charge is 0.481 e. The predicted molar refractivity (Wildman–Crippen MR) is 88.3 cm³/mol. The van der Waals surface area contributed by atoms with Gasteiger partial charge in [-0.2, -0.15) is 0 Å². The number of rotatable bonds is 6. The molecule has 4 heteroatoms. The summed E-state index contributed by atoms with van der Waals surface area (Å²) in [6, 6.07) is 9.86. The predicted octanol–water partition coefficient (Wildman–Crippen LogP) is 3.63. The number of aryl methyl sites for hydroxylation is 2. The van der Waals surface area contributed by atoms with Crippen LogP contribution in [-0.4, -0.2) is 12.0 Å². The maximum absolute atomic E-state index is 12.3. The summed E-state index contributed by atoms with van der Waals surface area (Å²) in [5.74, 6) is 1.41. The summed E-state index contributed by atoms with van der Waals surface area (Å²) in [6.07, 6.45) is 6.50. The highest BCUT2D eigenvalue weighted by Crippen LogP contribution is 2.26. The zero-order chi connectivity index (χ0) is 16.1. The van der Waals surface area contributed by atoms with Crippen LogP contribution in [0.15, 0.2) is 41.0 Å². The summed E-state index contributed by atoms with van der Waals surface area (Å²) in [5, 5.41) is 2.86. The number of furan rings is 1. The third-order valence-corrected chi connectivity index (χ3v) is 4.28. The molecule has 1 atom stereocenters. The quantitative estimate of drug-likeness (QED) is 0.886. The lowest BCUT2D eigenvalue weighted by molar-refractivity contribution is -0.128. The fourth-order valence-electron chi connectivity index (χ4n) is 2.97. The lowest BCUT2D eigenvalue weighted by Gasteiger charge is -2.20. The Hall–Kier alpha value is -2.23. The van der Waals surface area contributed by atoms with Crippen LogP contribution in [0, 0.1) is 0 Å². The molecule has 122 valence electrons. The minimum Gasteiger partial charge on any atom is -0.481 e. The third-order valence-electron chi connectivity index (χ3n) is 4.28. The first-order chi connectivity index (χ1) is 11.3. The Kier molecular flexibility index (Phi) is 5.01. The van der Waals surface area contributed by atoms with Crippen LogP contribution in [0.4, 0.5) is 0 Å². The summed E-state index contributed by atoms with van der Waals surface area (Å²) >= 11 is 0. The zero-order valence-corrected chi connectivity index (χ0v) is 13.5. The minimum absolute atomic E-state index is 0.110. The Morgan fingerprint density at radius 1 is 1.26 bits per heavy atom. The van der Waals surface area contributed by atoms with Crippen LogP contribution in [0.2, 0.25) is 0 Å². The van der Waals surface area contributed by atoms with Crippen LogP contribution >= 0.6 is 0 Å². The minimum atomic E-state index is -0.480. The van der Waals surface area contributed by atoms with Crippen LogP contribution in [0.5, 0.6) is 5.75 Å². The van der Waals surface area contributed by atoms with Gasteiger partial charge in [0.25, 0.3) is 5.91 Å². The van der Waals surface area contributed by atoms with Gasteiger partial charge in [-0.15, -0.1) is 0 Å². The first kappa shape index (κ1) is 15.7. The van der Waals surface area contributed by atoms with Crippen molar-refractivity contribution in [3.63, 3.8) is 0 Å². The van der Waals surface area contributed by atoms with Gasteiger partial charge in [-0.1, -0.05) is 13.0 Å². The van der Waals surface area contributed by atoms with E-state index in [-0.39, 0.29) is 5.91 Å². The fraction of sp³-hybridized carbons (Fsp3) is 0.421. The molecular formula is C19H23NO3. The summed E-state index contributed by atoms with van der Waals surface area (Å²) < 4.78 is 11.1. The molecule has 3 rings (SSSR count). The molecule has 1 aliphatic rings. The Labute approximate surface area is 136 Å². The van der Waals surface area contributed by atoms with Gasteiger partial charge in [0.05, 0.1) is 12.8 Å². The van der Waals surface area contributed by atoms with E-state index >= 15 is 0 Å². The molecule has 1 aromatic carbocycles. The SMILES string of the molecule is CC[C@@H](Oc1ccc2c(c1)CCCC2)C(=O)NCc1ccco1. The van der Waals surface area contributed by atoms with E-state index in [1.54, 1.807) is 6.26 Å². The highest BCUT2D eigenvalue weighted by atomic mass is 16.5. The van der Waals surface area contributed by atoms with E-state index in [2.05, 4.69) is 17.4 Å². The second-order valence-electron chi connectivity index (χ2n) is 5.95. The van der Waals surface area contributed by atoms with Gasteiger partial charge in [0.15, 0.2) is 6.10 Å². The maximum atomic E-state index is 12.3. The van der Waals surface area contributed by atoms with Gasteiger partial charge in [0.1, 0.15) is 11.5 Å². The smallest absolute Gasteiger partial charge is 0.261 e. The summed E-state index contributed by atoms with van der Waals surface area (Å²) in [6.45, 7) is 2.34. The van der Waals surface area contributed by atoms with Crippen LogP contribution in [0.25, 0.3) is 0 Å². The first-order valence-electron chi connectivity index (χ1n) is 8.35. The molecule has 1 aliphatic carbocycles. The lowest BCUT2D eigenvalue weighted by atomic mass is 9.92. The Morgan fingerprint density at radius 3 is 2.83 bits per heavy atom. The van der Waals surface area contributed by atoms with E-state index < -0.39 is 6.10 Å². The van der Waals surface area contributed by atoms with Gasteiger partial charge in [0, 0.05) is 0 Å². The van der Waals surface area contributed by atoms with E-state index in [4.69, 9.17) is 9.15 Å². The van der Waals surface area contributed by atoms with Gasteiger partial charge in [-0.3, -0.25) is 4.79 Å². The van der Waals surface area contributed by atoms with Gasteiger partial charge >= 0.3 is 0 Å². The maximum Gasteiger partial charge on any atom is 0.261 e. The second kappa shape index (κ2) is 7.36. The standard InChI is InChI=1S/C19H23NO3/c1-2-18(19(21)20-13-17-8-5-11-22-17)23-16-10-9-14-6-3-4-7-15(14)12-16/h5,8-12,18H,2-4,6-7,13H2,1H3,(H,20,21)/t18-/m1/s1. The van der Waals surface area contributed by atoms with Crippen molar-refractivity contribution in [1.29, 1.82) is 0 Å². The molecule has 1 N–H and O–H groups in total. The van der Waals surface area contributed by atoms with Gasteiger partial charge in [-0.05, 0) is 67.5 Å². The number of carbonyl (C=O) groups is 1. The molecule has 0 bridgehead atoms. The Morgan fingerprint density at radius 2 is 2.09 bits per heavy atom. The van der Waals surface area contributed by atoms with Crippen molar-refractivity contribution in [3.8, 4) is 5.75 Å². The van der Waals surface area contributed by atoms with Crippen LogP contribution < -0.4 is 10.1 Å². The van der Waals surface area contributed by atoms with Crippen molar-refractivity contribution in [1.82, 2.24) is 5.32 Å². The summed E-state index contributed by atoms with van der Waals surface area (Å²) in [4.78, 5) is 12.3. The molecule has 0 saturated carbocycles. The molecule has 1 heterocycles. The Balaban J connectivity index is 1.61. The number of amides is 1. The van der Waals surface area contributed by atoms with Crippen molar-refractivity contribution in [2.24, 2.45) is 0 Å². The summed E-state index contributed by atoms with van der Waals surface area (Å²) in [5.41, 5.74) is 2.78. The van der Waals surface area contributed by atoms with Crippen molar-refractivity contribution in [2.45, 2.75) is 51.7 Å². The third kappa shape index (κ3) is 3.95. The van der Waals surface area contributed by atoms with Crippen molar-refractivity contribution in [2.75, 3.05) is 0 Å². The summed E-state index contributed by atoms with van der Waals surface area (Å²) in [7, 11) is 0. The molecule has 0 fully saturated rings. The van der Waals surface area contributed by atoms with E-state index in [1.165, 1.54) is 24.0 Å². The molecule has 0 unspecified atom stereocenters. The first-order valence-corrected chi connectivity index (χ1v) is 8.35. The lowest BCUT2D eigenvalue weighted by Crippen LogP contribution is -2.37. The van der Waals surface area contributed by atoms with Crippen molar-refractivity contribution >= 4 is 5.91 Å². The highest BCUT2D eigenvalue weighted by molar-refractivity contribution is 5.81. The van der Waals surface area contributed by atoms with E-state index in [0.717, 1.165) is 24.4 Å². The second-order valence-corrected chi connectivity index (χ2v) is 5.95. The molecule has 4 nitrogen and oxygen atoms in total. The average Bonchev–Trinajstić information content (AvgIpc) is 3.11. The van der Waals surface area contributed by atoms with E-state index in [1.807, 2.05) is 25.1 Å². The van der Waals surface area contributed by atoms with Crippen molar-refractivity contribution < 1.29 is 13.9 Å². The monoisotopic (exact) mass is 313 g/mol. The van der Waals surface area contributed by atoms with Gasteiger partial charge < -0.3 is 14.5 Å². The van der Waals surface area contributed by atoms with E-state index in [9.17, 15) is 4.79 Å². The van der Waals surface area contributed by atoms with Crippen LogP contribution in [-0.2, 0) is 24.2 Å². The topological polar surface area (TPSA) is 51.5 Å². The number of fused-ring (bicyclic) bond motifs is 1. The molecular weight excluding hydrogens is 290 g/mol. The number of nitrogens with one attached hydrogen (secondary N) is 1. The molecule has 23 heavy (non-hydrogen) atoms. The fourth-order valence-corrected chi connectivity index (χ4v) is 2.97. The Bertz CT molecular complexity index is 649. The number of ether oxygens (including phenoxy) is 1. The molecule has 0 saturated heterocycles. The molecule has 0 radical (unpaired) electrons. The number of carbonyl (C=O) groups excluding carboxylic acids is 1. The van der Waals surface area contributed by atoms with Crippen LogP contribution in [0.3, 0.4) is 0 Å². The number of benzene rings is 1. The number of hydrogen-bond acceptors (Lipinski definition) is 3. The molecule has 2 aromatic rings.